The Morgan fingerprint density at radius 3 is 2.39 bits per heavy atom. The molecule has 2 nitrogen and oxygen atoms in total. The largest absolute Gasteiger partial charge is 0.377 e. The van der Waals surface area contributed by atoms with Gasteiger partial charge in [0.05, 0.1) is 5.60 Å². The highest BCUT2D eigenvalue weighted by atomic mass is 19.2. The molecule has 0 atom stereocenters. The fraction of sp³-hybridized carbons (Fsp3) is 0.538. The lowest BCUT2D eigenvalue weighted by Crippen LogP contribution is -2.47. The first kappa shape index (κ1) is 13.4. The molecule has 0 spiro atoms. The SMILES string of the molecule is COC1(CNCc2cc(F)c(F)cc2F)CCC1. The lowest BCUT2D eigenvalue weighted by atomic mass is 9.80. The van der Waals surface area contributed by atoms with Crippen molar-refractivity contribution in [2.24, 2.45) is 0 Å². The lowest BCUT2D eigenvalue weighted by molar-refractivity contribution is -0.0695. The van der Waals surface area contributed by atoms with Crippen molar-refractivity contribution in [3.63, 3.8) is 0 Å². The van der Waals surface area contributed by atoms with Gasteiger partial charge in [0.25, 0.3) is 0 Å². The van der Waals surface area contributed by atoms with Crippen molar-refractivity contribution in [2.45, 2.75) is 31.4 Å². The van der Waals surface area contributed by atoms with E-state index in [-0.39, 0.29) is 17.7 Å². The first-order valence-corrected chi connectivity index (χ1v) is 5.96. The Labute approximate surface area is 104 Å². The monoisotopic (exact) mass is 259 g/mol. The molecule has 5 heteroatoms. The van der Waals surface area contributed by atoms with E-state index in [1.165, 1.54) is 0 Å². The highest BCUT2D eigenvalue weighted by molar-refractivity contribution is 5.20. The molecule has 1 aromatic rings. The van der Waals surface area contributed by atoms with Crippen LogP contribution in [-0.2, 0) is 11.3 Å². The van der Waals surface area contributed by atoms with E-state index < -0.39 is 17.5 Å². The molecule has 18 heavy (non-hydrogen) atoms. The molecule has 0 saturated heterocycles. The number of ether oxygens (including phenoxy) is 1. The zero-order chi connectivity index (χ0) is 13.2. The molecular weight excluding hydrogens is 243 g/mol. The van der Waals surface area contributed by atoms with E-state index in [2.05, 4.69) is 5.32 Å². The second-order valence-electron chi connectivity index (χ2n) is 4.70. The van der Waals surface area contributed by atoms with Gasteiger partial charge < -0.3 is 10.1 Å². The molecule has 0 aromatic heterocycles. The van der Waals surface area contributed by atoms with Crippen LogP contribution in [0.15, 0.2) is 12.1 Å². The normalized spacial score (nSPS) is 17.6. The Balaban J connectivity index is 1.92. The third-order valence-electron chi connectivity index (χ3n) is 3.55. The molecule has 1 fully saturated rings. The maximum Gasteiger partial charge on any atom is 0.161 e. The van der Waals surface area contributed by atoms with Gasteiger partial charge in [0.15, 0.2) is 11.6 Å². The van der Waals surface area contributed by atoms with Crippen LogP contribution in [0, 0.1) is 17.5 Å². The van der Waals surface area contributed by atoms with Crippen LogP contribution in [-0.4, -0.2) is 19.3 Å². The first-order valence-electron chi connectivity index (χ1n) is 5.96. The van der Waals surface area contributed by atoms with Crippen LogP contribution in [0.3, 0.4) is 0 Å². The molecule has 1 saturated carbocycles. The predicted molar refractivity (Wildman–Crippen MR) is 61.6 cm³/mol. The Bertz CT molecular complexity index is 427. The molecule has 0 aliphatic heterocycles. The molecule has 1 aliphatic rings. The van der Waals surface area contributed by atoms with Gasteiger partial charge in [0.1, 0.15) is 5.82 Å². The number of methoxy groups -OCH3 is 1. The van der Waals surface area contributed by atoms with Gasteiger partial charge >= 0.3 is 0 Å². The van der Waals surface area contributed by atoms with Gasteiger partial charge in [-0.2, -0.15) is 0 Å². The van der Waals surface area contributed by atoms with Gasteiger partial charge in [-0.05, 0) is 25.3 Å². The molecule has 0 unspecified atom stereocenters. The molecule has 100 valence electrons. The number of benzene rings is 1. The molecule has 0 heterocycles. The van der Waals surface area contributed by atoms with E-state index in [4.69, 9.17) is 4.74 Å². The Morgan fingerprint density at radius 1 is 1.17 bits per heavy atom. The van der Waals surface area contributed by atoms with Crippen molar-refractivity contribution in [1.82, 2.24) is 5.32 Å². The maximum atomic E-state index is 13.4. The van der Waals surface area contributed by atoms with Crippen LogP contribution >= 0.6 is 0 Å². The molecular formula is C13H16F3NO. The highest BCUT2D eigenvalue weighted by Crippen LogP contribution is 2.34. The van der Waals surface area contributed by atoms with Gasteiger partial charge in [0.2, 0.25) is 0 Å². The van der Waals surface area contributed by atoms with E-state index >= 15 is 0 Å². The van der Waals surface area contributed by atoms with Gasteiger partial charge in [0, 0.05) is 31.8 Å². The standard InChI is InChI=1S/C13H16F3NO/c1-18-13(3-2-4-13)8-17-7-9-5-11(15)12(16)6-10(9)14/h5-6,17H,2-4,7-8H2,1H3. The third kappa shape index (κ3) is 2.67. The molecule has 2 rings (SSSR count). The average molecular weight is 259 g/mol. The van der Waals surface area contributed by atoms with E-state index in [1.807, 2.05) is 0 Å². The summed E-state index contributed by atoms with van der Waals surface area (Å²) in [7, 11) is 1.65. The lowest BCUT2D eigenvalue weighted by Gasteiger charge is -2.40. The van der Waals surface area contributed by atoms with E-state index in [1.54, 1.807) is 7.11 Å². The van der Waals surface area contributed by atoms with Crippen LogP contribution < -0.4 is 5.32 Å². The molecule has 1 aromatic carbocycles. The second kappa shape index (κ2) is 5.28. The summed E-state index contributed by atoms with van der Waals surface area (Å²) in [6.45, 7) is 0.746. The topological polar surface area (TPSA) is 21.3 Å². The van der Waals surface area contributed by atoms with Gasteiger partial charge in [-0.25, -0.2) is 13.2 Å². The van der Waals surface area contributed by atoms with E-state index in [0.29, 0.717) is 12.6 Å². The van der Waals surface area contributed by atoms with E-state index in [9.17, 15) is 13.2 Å². The van der Waals surface area contributed by atoms with Crippen LogP contribution in [0.1, 0.15) is 24.8 Å². The zero-order valence-electron chi connectivity index (χ0n) is 10.2. The van der Waals surface area contributed by atoms with Crippen molar-refractivity contribution in [3.05, 3.63) is 35.1 Å². The first-order chi connectivity index (χ1) is 8.56. The molecule has 1 aliphatic carbocycles. The minimum absolute atomic E-state index is 0.125. The number of nitrogens with one attached hydrogen (secondary N) is 1. The number of hydrogen-bond donors (Lipinski definition) is 1. The zero-order valence-corrected chi connectivity index (χ0v) is 10.2. The minimum atomic E-state index is -1.16. The van der Waals surface area contributed by atoms with Crippen molar-refractivity contribution < 1.29 is 17.9 Å². The van der Waals surface area contributed by atoms with Gasteiger partial charge in [-0.15, -0.1) is 0 Å². The van der Waals surface area contributed by atoms with E-state index in [0.717, 1.165) is 25.3 Å². The number of rotatable bonds is 5. The molecule has 0 bridgehead atoms. The minimum Gasteiger partial charge on any atom is -0.377 e. The van der Waals surface area contributed by atoms with Crippen molar-refractivity contribution >= 4 is 0 Å². The Morgan fingerprint density at radius 2 is 1.83 bits per heavy atom. The summed E-state index contributed by atoms with van der Waals surface area (Å²) >= 11 is 0. The fourth-order valence-corrected chi connectivity index (χ4v) is 2.15. The Kier molecular flexibility index (Phi) is 3.92. The summed E-state index contributed by atoms with van der Waals surface area (Å²) in [6, 6.07) is 1.46. The summed E-state index contributed by atoms with van der Waals surface area (Å²) in [5.41, 5.74) is -0.0471. The molecule has 0 amide bonds. The van der Waals surface area contributed by atoms with Crippen LogP contribution in [0.4, 0.5) is 13.2 Å². The summed E-state index contributed by atoms with van der Waals surface area (Å²) < 4.78 is 44.4. The quantitative estimate of drug-likeness (QED) is 0.821. The number of hydrogen-bond acceptors (Lipinski definition) is 2. The van der Waals surface area contributed by atoms with Crippen molar-refractivity contribution in [2.75, 3.05) is 13.7 Å². The highest BCUT2D eigenvalue weighted by Gasteiger charge is 2.36. The van der Waals surface area contributed by atoms with Crippen molar-refractivity contribution in [3.8, 4) is 0 Å². The average Bonchev–Trinajstić information content (AvgIpc) is 2.29. The predicted octanol–water partition coefficient (Wildman–Crippen LogP) is 2.76. The van der Waals surface area contributed by atoms with Crippen LogP contribution in [0.25, 0.3) is 0 Å². The summed E-state index contributed by atoms with van der Waals surface area (Å²) in [6.07, 6.45) is 3.06. The van der Waals surface area contributed by atoms with Gasteiger partial charge in [-0.3, -0.25) is 0 Å². The summed E-state index contributed by atoms with van der Waals surface area (Å²) in [5.74, 6) is -2.93. The summed E-state index contributed by atoms with van der Waals surface area (Å²) in [5, 5.41) is 3.03. The number of halogens is 3. The second-order valence-corrected chi connectivity index (χ2v) is 4.70. The third-order valence-corrected chi connectivity index (χ3v) is 3.55. The summed E-state index contributed by atoms with van der Waals surface area (Å²) in [4.78, 5) is 0. The van der Waals surface area contributed by atoms with Crippen molar-refractivity contribution in [1.29, 1.82) is 0 Å². The smallest absolute Gasteiger partial charge is 0.161 e. The Hall–Kier alpha value is -1.07. The fourth-order valence-electron chi connectivity index (χ4n) is 2.15. The maximum absolute atomic E-state index is 13.4. The van der Waals surface area contributed by atoms with Crippen LogP contribution in [0.5, 0.6) is 0 Å². The van der Waals surface area contributed by atoms with Gasteiger partial charge in [-0.1, -0.05) is 0 Å². The molecule has 1 N–H and O–H groups in total. The van der Waals surface area contributed by atoms with Crippen LogP contribution in [0.2, 0.25) is 0 Å². The molecule has 0 radical (unpaired) electrons.